The van der Waals surface area contributed by atoms with Crippen LogP contribution in [-0.4, -0.2) is 43.2 Å². The molecule has 1 saturated carbocycles. The van der Waals surface area contributed by atoms with Gasteiger partial charge in [-0.15, -0.1) is 0 Å². The molecule has 1 saturated heterocycles. The summed E-state index contributed by atoms with van der Waals surface area (Å²) in [6.45, 7) is 5.38. The van der Waals surface area contributed by atoms with Gasteiger partial charge in [-0.2, -0.15) is 0 Å². The number of likely N-dealkylation sites (tertiary alicyclic amines) is 1. The average molecular weight is 424 g/mol. The molecule has 1 heterocycles. The number of benzene rings is 2. The highest BCUT2D eigenvalue weighted by Crippen LogP contribution is 2.52. The van der Waals surface area contributed by atoms with Crippen molar-refractivity contribution in [2.45, 2.75) is 38.2 Å². The van der Waals surface area contributed by atoms with Crippen molar-refractivity contribution in [3.8, 4) is 11.5 Å². The Bertz CT molecular complexity index is 945. The van der Waals surface area contributed by atoms with Gasteiger partial charge in [0, 0.05) is 30.1 Å². The van der Waals surface area contributed by atoms with Gasteiger partial charge in [0.2, 0.25) is 5.91 Å². The molecule has 0 bridgehead atoms. The van der Waals surface area contributed by atoms with Crippen LogP contribution in [0, 0.1) is 17.8 Å². The van der Waals surface area contributed by atoms with E-state index in [0.717, 1.165) is 23.3 Å². The maximum absolute atomic E-state index is 13.5. The monoisotopic (exact) mass is 423 g/mol. The summed E-state index contributed by atoms with van der Waals surface area (Å²) in [7, 11) is 3.28. The van der Waals surface area contributed by atoms with Crippen LogP contribution in [-0.2, 0) is 10.4 Å². The van der Waals surface area contributed by atoms with E-state index in [1.165, 1.54) is 0 Å². The number of hydrogen-bond donors (Lipinski definition) is 1. The number of hydrogen-bond acceptors (Lipinski definition) is 4. The van der Waals surface area contributed by atoms with Crippen molar-refractivity contribution in [2.75, 3.05) is 27.3 Å². The number of ether oxygens (including phenoxy) is 2. The summed E-state index contributed by atoms with van der Waals surface area (Å²) in [5.41, 5.74) is 0.738. The van der Waals surface area contributed by atoms with Crippen molar-refractivity contribution in [1.82, 2.24) is 4.90 Å². The van der Waals surface area contributed by atoms with Gasteiger partial charge in [0.15, 0.2) is 0 Å². The molecule has 0 unspecified atom stereocenters. The highest BCUT2D eigenvalue weighted by Gasteiger charge is 2.53. The second-order valence-corrected chi connectivity index (χ2v) is 9.24. The van der Waals surface area contributed by atoms with Gasteiger partial charge in [-0.1, -0.05) is 43.3 Å². The van der Waals surface area contributed by atoms with Gasteiger partial charge in [0.25, 0.3) is 0 Å². The molecule has 2 aliphatic rings. The molecule has 2 aromatic rings. The fraction of sp³-hybridized carbons (Fsp3) is 0.500. The van der Waals surface area contributed by atoms with Gasteiger partial charge >= 0.3 is 0 Å². The Kier molecular flexibility index (Phi) is 5.98. The second kappa shape index (κ2) is 8.54. The van der Waals surface area contributed by atoms with Crippen molar-refractivity contribution in [3.63, 3.8) is 0 Å². The zero-order valence-corrected chi connectivity index (χ0v) is 18.9. The fourth-order valence-electron chi connectivity index (χ4n) is 5.86. The third kappa shape index (κ3) is 3.80. The number of carbonyl (C=O) groups is 1. The number of methoxy groups -OCH3 is 2. The molecule has 0 aromatic heterocycles. The lowest BCUT2D eigenvalue weighted by Crippen LogP contribution is -2.45. The summed E-state index contributed by atoms with van der Waals surface area (Å²) in [6, 6.07) is 15.5. The van der Waals surface area contributed by atoms with Crippen LogP contribution in [0.2, 0.25) is 0 Å². The minimum atomic E-state index is -1.00. The highest BCUT2D eigenvalue weighted by atomic mass is 16.5. The summed E-state index contributed by atoms with van der Waals surface area (Å²) in [5.74, 6) is 1.88. The van der Waals surface area contributed by atoms with Crippen LogP contribution in [0.15, 0.2) is 48.5 Å². The molecule has 0 radical (unpaired) electrons. The largest absolute Gasteiger partial charge is 0.496 e. The maximum atomic E-state index is 13.5. The molecule has 1 amide bonds. The lowest BCUT2D eigenvalue weighted by molar-refractivity contribution is -0.132. The Morgan fingerprint density at radius 2 is 1.71 bits per heavy atom. The first-order valence-electron chi connectivity index (χ1n) is 11.2. The summed E-state index contributed by atoms with van der Waals surface area (Å²) < 4.78 is 11.1. The molecule has 5 heteroatoms. The van der Waals surface area contributed by atoms with E-state index < -0.39 is 5.60 Å². The van der Waals surface area contributed by atoms with Crippen molar-refractivity contribution < 1.29 is 19.4 Å². The summed E-state index contributed by atoms with van der Waals surface area (Å²) in [6.07, 6.45) is 1.70. The van der Waals surface area contributed by atoms with E-state index in [1.54, 1.807) is 14.2 Å². The first kappa shape index (κ1) is 21.7. The minimum Gasteiger partial charge on any atom is -0.496 e. The first-order valence-corrected chi connectivity index (χ1v) is 11.2. The third-order valence-electron chi connectivity index (χ3n) is 7.28. The number of nitrogens with zero attached hydrogens (tertiary/aromatic N) is 1. The van der Waals surface area contributed by atoms with E-state index in [-0.39, 0.29) is 23.7 Å². The third-order valence-corrected chi connectivity index (χ3v) is 7.28. The number of fused-ring (bicyclic) bond motifs is 1. The van der Waals surface area contributed by atoms with E-state index in [4.69, 9.17) is 9.47 Å². The Labute approximate surface area is 185 Å². The zero-order chi connectivity index (χ0) is 22.2. The van der Waals surface area contributed by atoms with Crippen LogP contribution in [0.5, 0.6) is 11.5 Å². The Hall–Kier alpha value is -2.53. The van der Waals surface area contributed by atoms with Gasteiger partial charge in [-0.05, 0) is 43.7 Å². The number of aliphatic hydroxyl groups is 1. The van der Waals surface area contributed by atoms with E-state index in [0.29, 0.717) is 31.2 Å². The molecular weight excluding hydrogens is 390 g/mol. The predicted octanol–water partition coefficient (Wildman–Crippen LogP) is 4.20. The molecule has 5 atom stereocenters. The van der Waals surface area contributed by atoms with Crippen molar-refractivity contribution in [2.24, 2.45) is 17.8 Å². The van der Waals surface area contributed by atoms with Crippen LogP contribution >= 0.6 is 0 Å². The summed E-state index contributed by atoms with van der Waals surface area (Å²) >= 11 is 0. The highest BCUT2D eigenvalue weighted by molar-refractivity contribution is 5.84. The van der Waals surface area contributed by atoms with Gasteiger partial charge < -0.3 is 19.5 Å². The Morgan fingerprint density at radius 1 is 1.06 bits per heavy atom. The van der Waals surface area contributed by atoms with Gasteiger partial charge in [0.1, 0.15) is 11.5 Å². The van der Waals surface area contributed by atoms with Gasteiger partial charge in [-0.25, -0.2) is 0 Å². The average Bonchev–Trinajstić information content (AvgIpc) is 3.22. The van der Waals surface area contributed by atoms with Crippen LogP contribution in [0.4, 0.5) is 0 Å². The van der Waals surface area contributed by atoms with Crippen molar-refractivity contribution in [3.05, 3.63) is 59.7 Å². The van der Waals surface area contributed by atoms with Gasteiger partial charge in [0.05, 0.1) is 25.7 Å². The normalized spacial score (nSPS) is 28.7. The fourth-order valence-corrected chi connectivity index (χ4v) is 5.86. The molecular formula is C26H33NO4. The van der Waals surface area contributed by atoms with Crippen molar-refractivity contribution in [1.29, 1.82) is 0 Å². The van der Waals surface area contributed by atoms with Crippen LogP contribution < -0.4 is 9.47 Å². The van der Waals surface area contributed by atoms with Crippen LogP contribution in [0.25, 0.3) is 0 Å². The SMILES string of the molecule is COc1ccccc1[C@H](C)C(=O)N1C[C@@H]2C[C@@H](C)C[C@@](O)(c3ccccc3OC)[C@@H]2C1. The van der Waals surface area contributed by atoms with E-state index in [1.807, 2.05) is 60.4 Å². The molecule has 31 heavy (non-hydrogen) atoms. The van der Waals surface area contributed by atoms with Crippen molar-refractivity contribution >= 4 is 5.91 Å². The summed E-state index contributed by atoms with van der Waals surface area (Å²) in [5, 5.41) is 12.0. The minimum absolute atomic E-state index is 0.00572. The standard InChI is InChI=1S/C26H33NO4/c1-17-13-19-15-27(25(28)18(2)20-9-5-7-11-23(20)30-3)16-22(19)26(29,14-17)21-10-6-8-12-24(21)31-4/h5-12,17-19,22,29H,13-16H2,1-4H3/t17-,18+,19+,22-,26-/m1/s1. The molecule has 5 nitrogen and oxygen atoms in total. The lowest BCUT2D eigenvalue weighted by atomic mass is 9.64. The Morgan fingerprint density at radius 3 is 2.42 bits per heavy atom. The molecule has 1 aliphatic heterocycles. The molecule has 2 aromatic carbocycles. The number of rotatable bonds is 5. The molecule has 1 N–H and O–H groups in total. The molecule has 4 rings (SSSR count). The molecule has 1 aliphatic carbocycles. The first-order chi connectivity index (χ1) is 14.9. The Balaban J connectivity index is 1.62. The van der Waals surface area contributed by atoms with E-state index in [2.05, 4.69) is 6.92 Å². The van der Waals surface area contributed by atoms with Crippen LogP contribution in [0.1, 0.15) is 43.7 Å². The number of amides is 1. The smallest absolute Gasteiger partial charge is 0.229 e. The quantitative estimate of drug-likeness (QED) is 0.783. The topological polar surface area (TPSA) is 59.0 Å². The zero-order valence-electron chi connectivity index (χ0n) is 18.9. The van der Waals surface area contributed by atoms with Crippen LogP contribution in [0.3, 0.4) is 0 Å². The lowest BCUT2D eigenvalue weighted by Gasteiger charge is -2.44. The number of para-hydroxylation sites is 2. The number of carbonyl (C=O) groups excluding carboxylic acids is 1. The predicted molar refractivity (Wildman–Crippen MR) is 120 cm³/mol. The maximum Gasteiger partial charge on any atom is 0.229 e. The summed E-state index contributed by atoms with van der Waals surface area (Å²) in [4.78, 5) is 15.4. The molecule has 2 fully saturated rings. The molecule has 166 valence electrons. The van der Waals surface area contributed by atoms with E-state index >= 15 is 0 Å². The van der Waals surface area contributed by atoms with E-state index in [9.17, 15) is 9.90 Å². The second-order valence-electron chi connectivity index (χ2n) is 9.24. The molecule has 0 spiro atoms. The van der Waals surface area contributed by atoms with Gasteiger partial charge in [-0.3, -0.25) is 4.79 Å².